The highest BCUT2D eigenvalue weighted by molar-refractivity contribution is 5.81. The summed E-state index contributed by atoms with van der Waals surface area (Å²) >= 11 is 0. The Morgan fingerprint density at radius 3 is 2.47 bits per heavy atom. The van der Waals surface area contributed by atoms with Gasteiger partial charge in [0.1, 0.15) is 5.60 Å². The molecule has 19 heavy (non-hydrogen) atoms. The van der Waals surface area contributed by atoms with E-state index in [4.69, 9.17) is 15.6 Å². The summed E-state index contributed by atoms with van der Waals surface area (Å²) in [5, 5.41) is 11.5. The second kappa shape index (κ2) is 5.60. The lowest BCUT2D eigenvalue weighted by Crippen LogP contribution is -2.38. The van der Waals surface area contributed by atoms with Crippen LogP contribution in [-0.4, -0.2) is 22.8 Å². The zero-order valence-electron chi connectivity index (χ0n) is 11.1. The van der Waals surface area contributed by atoms with Gasteiger partial charge in [-0.15, -0.1) is 0 Å². The van der Waals surface area contributed by atoms with Gasteiger partial charge in [0.2, 0.25) is 0 Å². The molecule has 0 spiro atoms. The molecule has 0 aliphatic carbocycles. The van der Waals surface area contributed by atoms with Gasteiger partial charge in [-0.2, -0.15) is 0 Å². The summed E-state index contributed by atoms with van der Waals surface area (Å²) in [4.78, 5) is 22.8. The molecule has 0 unspecified atom stereocenters. The molecule has 104 valence electrons. The lowest BCUT2D eigenvalue weighted by molar-refractivity contribution is -0.139. The topological polar surface area (TPSA) is 102 Å². The molecule has 6 heteroatoms. The minimum Gasteiger partial charge on any atom is -0.479 e. The van der Waals surface area contributed by atoms with Gasteiger partial charge in [-0.05, 0) is 38.5 Å². The van der Waals surface area contributed by atoms with Crippen molar-refractivity contribution in [3.8, 4) is 0 Å². The van der Waals surface area contributed by atoms with Crippen LogP contribution in [0, 0.1) is 0 Å². The van der Waals surface area contributed by atoms with Crippen LogP contribution in [-0.2, 0) is 9.53 Å². The normalized spacial score (nSPS) is 12.6. The van der Waals surface area contributed by atoms with Crippen molar-refractivity contribution in [1.82, 2.24) is 5.32 Å². The minimum absolute atomic E-state index is 0.387. The van der Waals surface area contributed by atoms with E-state index in [2.05, 4.69) is 5.32 Å². The van der Waals surface area contributed by atoms with Gasteiger partial charge in [-0.25, -0.2) is 9.59 Å². The number of nitrogen functional groups attached to an aromatic ring is 1. The van der Waals surface area contributed by atoms with Gasteiger partial charge >= 0.3 is 12.1 Å². The van der Waals surface area contributed by atoms with E-state index < -0.39 is 23.7 Å². The van der Waals surface area contributed by atoms with Gasteiger partial charge in [-0.1, -0.05) is 12.1 Å². The molecule has 0 aromatic heterocycles. The highest BCUT2D eigenvalue weighted by Crippen LogP contribution is 2.17. The first-order chi connectivity index (χ1) is 8.69. The molecule has 0 saturated carbocycles. The Labute approximate surface area is 111 Å². The van der Waals surface area contributed by atoms with Crippen molar-refractivity contribution in [3.05, 3.63) is 29.8 Å². The van der Waals surface area contributed by atoms with Crippen molar-refractivity contribution in [2.24, 2.45) is 0 Å². The Bertz CT molecular complexity index is 480. The molecule has 1 rings (SSSR count). The van der Waals surface area contributed by atoms with Gasteiger partial charge in [0.25, 0.3) is 0 Å². The van der Waals surface area contributed by atoms with Gasteiger partial charge in [-0.3, -0.25) is 0 Å². The number of nitrogens with one attached hydrogen (secondary N) is 1. The lowest BCUT2D eigenvalue weighted by atomic mass is 10.1. The molecule has 1 aromatic carbocycles. The fraction of sp³-hybridized carbons (Fsp3) is 0.385. The van der Waals surface area contributed by atoms with E-state index in [0.717, 1.165) is 0 Å². The molecule has 0 heterocycles. The lowest BCUT2D eigenvalue weighted by Gasteiger charge is -2.22. The van der Waals surface area contributed by atoms with Crippen LogP contribution in [0.15, 0.2) is 24.3 Å². The quantitative estimate of drug-likeness (QED) is 0.725. The molecule has 0 bridgehead atoms. The predicted octanol–water partition coefficient (Wildman–Crippen LogP) is 1.92. The second-order valence-electron chi connectivity index (χ2n) is 5.09. The van der Waals surface area contributed by atoms with E-state index in [1.807, 2.05) is 0 Å². The smallest absolute Gasteiger partial charge is 0.408 e. The summed E-state index contributed by atoms with van der Waals surface area (Å²) in [5.41, 5.74) is 5.71. The van der Waals surface area contributed by atoms with Crippen molar-refractivity contribution in [3.63, 3.8) is 0 Å². The predicted molar refractivity (Wildman–Crippen MR) is 70.6 cm³/mol. The van der Waals surface area contributed by atoms with Crippen LogP contribution in [0.25, 0.3) is 0 Å². The molecule has 0 fully saturated rings. The van der Waals surface area contributed by atoms with Crippen molar-refractivity contribution < 1.29 is 19.4 Å². The Morgan fingerprint density at radius 2 is 2.00 bits per heavy atom. The number of carboxylic acid groups (broad SMARTS) is 1. The number of ether oxygens (including phenoxy) is 1. The maximum atomic E-state index is 11.6. The number of carbonyl (C=O) groups excluding carboxylic acids is 1. The number of anilines is 1. The third kappa shape index (κ3) is 4.87. The van der Waals surface area contributed by atoms with Crippen LogP contribution < -0.4 is 11.1 Å². The maximum Gasteiger partial charge on any atom is 0.408 e. The van der Waals surface area contributed by atoms with Gasteiger partial charge < -0.3 is 20.9 Å². The van der Waals surface area contributed by atoms with E-state index in [1.54, 1.807) is 39.0 Å². The Balaban J connectivity index is 2.85. The first-order valence-corrected chi connectivity index (χ1v) is 5.77. The first kappa shape index (κ1) is 14.8. The van der Waals surface area contributed by atoms with Crippen molar-refractivity contribution >= 4 is 17.7 Å². The minimum atomic E-state index is -1.20. The fourth-order valence-corrected chi connectivity index (χ4v) is 1.45. The Kier molecular flexibility index (Phi) is 4.37. The van der Waals surface area contributed by atoms with Crippen LogP contribution >= 0.6 is 0 Å². The molecule has 0 aliphatic heterocycles. The summed E-state index contributed by atoms with van der Waals surface area (Å²) in [6.07, 6.45) is -0.790. The molecule has 1 atom stereocenters. The zero-order valence-corrected chi connectivity index (χ0v) is 11.1. The van der Waals surface area contributed by atoms with Crippen LogP contribution in [0.4, 0.5) is 10.5 Å². The Hall–Kier alpha value is -2.24. The van der Waals surface area contributed by atoms with E-state index in [1.165, 1.54) is 6.07 Å². The molecule has 1 amide bonds. The molecule has 1 aromatic rings. The monoisotopic (exact) mass is 266 g/mol. The molecular weight excluding hydrogens is 248 g/mol. The third-order valence-electron chi connectivity index (χ3n) is 2.15. The Morgan fingerprint density at radius 1 is 1.37 bits per heavy atom. The highest BCUT2D eigenvalue weighted by Gasteiger charge is 2.25. The van der Waals surface area contributed by atoms with E-state index in [0.29, 0.717) is 11.3 Å². The molecule has 0 radical (unpaired) electrons. The van der Waals surface area contributed by atoms with Crippen LogP contribution in [0.2, 0.25) is 0 Å². The first-order valence-electron chi connectivity index (χ1n) is 5.77. The number of rotatable bonds is 3. The van der Waals surface area contributed by atoms with E-state index >= 15 is 0 Å². The highest BCUT2D eigenvalue weighted by atomic mass is 16.6. The van der Waals surface area contributed by atoms with Gasteiger partial charge in [0.05, 0.1) is 0 Å². The van der Waals surface area contributed by atoms with Crippen molar-refractivity contribution in [2.45, 2.75) is 32.4 Å². The summed E-state index contributed by atoms with van der Waals surface area (Å²) in [6, 6.07) is 5.13. The number of carbonyl (C=O) groups is 2. The third-order valence-corrected chi connectivity index (χ3v) is 2.15. The maximum absolute atomic E-state index is 11.6. The summed E-state index contributed by atoms with van der Waals surface area (Å²) in [6.45, 7) is 5.09. The zero-order chi connectivity index (χ0) is 14.6. The van der Waals surface area contributed by atoms with E-state index in [9.17, 15) is 9.59 Å². The number of aliphatic carboxylic acids is 1. The number of carboxylic acids is 1. The number of alkyl carbamates (subject to hydrolysis) is 1. The molecular formula is C13H18N2O4. The largest absolute Gasteiger partial charge is 0.479 e. The van der Waals surface area contributed by atoms with Crippen LogP contribution in [0.5, 0.6) is 0 Å². The molecule has 6 nitrogen and oxygen atoms in total. The molecule has 0 aliphatic rings. The SMILES string of the molecule is CC(C)(C)OC(=O)N[C@H](C(=O)O)c1cccc(N)c1. The average Bonchev–Trinajstić information content (AvgIpc) is 2.23. The molecule has 0 saturated heterocycles. The number of amides is 1. The molecule has 4 N–H and O–H groups in total. The van der Waals surface area contributed by atoms with Crippen molar-refractivity contribution in [1.29, 1.82) is 0 Å². The summed E-state index contributed by atoms with van der Waals surface area (Å²) in [7, 11) is 0. The summed E-state index contributed by atoms with van der Waals surface area (Å²) < 4.78 is 5.03. The number of hydrogen-bond acceptors (Lipinski definition) is 4. The number of benzene rings is 1. The van der Waals surface area contributed by atoms with Gasteiger partial charge in [0.15, 0.2) is 6.04 Å². The fourth-order valence-electron chi connectivity index (χ4n) is 1.45. The number of nitrogens with two attached hydrogens (primary N) is 1. The standard InChI is InChI=1S/C13H18N2O4/c1-13(2,3)19-12(18)15-10(11(16)17)8-5-4-6-9(14)7-8/h4-7,10H,14H2,1-3H3,(H,15,18)(H,16,17)/t10-/m0/s1. The van der Waals surface area contributed by atoms with Crippen LogP contribution in [0.3, 0.4) is 0 Å². The van der Waals surface area contributed by atoms with E-state index in [-0.39, 0.29) is 0 Å². The van der Waals surface area contributed by atoms with Crippen LogP contribution in [0.1, 0.15) is 32.4 Å². The number of hydrogen-bond donors (Lipinski definition) is 3. The van der Waals surface area contributed by atoms with Crippen molar-refractivity contribution in [2.75, 3.05) is 5.73 Å². The summed E-state index contributed by atoms with van der Waals surface area (Å²) in [5.74, 6) is -1.18. The van der Waals surface area contributed by atoms with Gasteiger partial charge in [0, 0.05) is 5.69 Å². The average molecular weight is 266 g/mol. The second-order valence-corrected chi connectivity index (χ2v) is 5.09.